The molecule has 0 fully saturated rings. The van der Waals surface area contributed by atoms with Crippen molar-refractivity contribution in [3.8, 4) is 5.75 Å². The summed E-state index contributed by atoms with van der Waals surface area (Å²) in [5, 5.41) is 15.2. The molecule has 0 radical (unpaired) electrons. The van der Waals surface area contributed by atoms with E-state index in [0.717, 1.165) is 0 Å². The molecule has 1 rings (SSSR count). The summed E-state index contributed by atoms with van der Waals surface area (Å²) in [6.07, 6.45) is 0.237. The van der Waals surface area contributed by atoms with Crippen LogP contribution in [0.2, 0.25) is 0 Å². The summed E-state index contributed by atoms with van der Waals surface area (Å²) in [4.78, 5) is 12.1. The molecule has 0 aliphatic carbocycles. The number of hydrogen-bond acceptors (Lipinski definition) is 3. The van der Waals surface area contributed by atoms with Gasteiger partial charge < -0.3 is 20.5 Å². The van der Waals surface area contributed by atoms with Crippen LogP contribution in [0.1, 0.15) is 41.0 Å². The fourth-order valence-electron chi connectivity index (χ4n) is 2.31. The molecular weight excluding hydrogens is 292 g/mol. The average Bonchev–Trinajstić information content (AvgIpc) is 2.43. The number of rotatable bonds is 8. The van der Waals surface area contributed by atoms with Crippen molar-refractivity contribution in [2.24, 2.45) is 11.3 Å². The van der Waals surface area contributed by atoms with Crippen LogP contribution in [0.4, 0.5) is 10.5 Å². The van der Waals surface area contributed by atoms with Gasteiger partial charge in [0.15, 0.2) is 0 Å². The van der Waals surface area contributed by atoms with Gasteiger partial charge in [0.1, 0.15) is 5.75 Å². The highest BCUT2D eigenvalue weighted by molar-refractivity contribution is 5.90. The molecule has 3 N–H and O–H groups in total. The van der Waals surface area contributed by atoms with E-state index in [4.69, 9.17) is 4.74 Å². The van der Waals surface area contributed by atoms with Gasteiger partial charge in [0, 0.05) is 6.54 Å². The molecule has 0 bridgehead atoms. The summed E-state index contributed by atoms with van der Waals surface area (Å²) in [5.74, 6) is 1.08. The number of aliphatic hydroxyl groups is 1. The maximum Gasteiger partial charge on any atom is 0.319 e. The number of carbonyl (C=O) groups excluding carboxylic acids is 1. The first-order chi connectivity index (χ1) is 10.7. The van der Waals surface area contributed by atoms with Crippen molar-refractivity contribution in [3.05, 3.63) is 24.3 Å². The third kappa shape index (κ3) is 7.88. The average molecular weight is 322 g/mol. The minimum atomic E-state index is -0.389. The minimum absolute atomic E-state index is 0.167. The number of amides is 2. The van der Waals surface area contributed by atoms with E-state index in [1.807, 2.05) is 38.1 Å². The largest absolute Gasteiger partial charge is 0.491 e. The number of urea groups is 1. The number of aliphatic hydroxyl groups excluding tert-OH is 1. The Morgan fingerprint density at radius 3 is 2.52 bits per heavy atom. The molecule has 1 atom stereocenters. The lowest BCUT2D eigenvalue weighted by molar-refractivity contribution is 0.129. The number of benzene rings is 1. The summed E-state index contributed by atoms with van der Waals surface area (Å²) < 4.78 is 5.72. The molecule has 1 aromatic rings. The van der Waals surface area contributed by atoms with E-state index in [-0.39, 0.29) is 17.6 Å². The Kier molecular flexibility index (Phi) is 7.36. The zero-order valence-electron chi connectivity index (χ0n) is 14.8. The van der Waals surface area contributed by atoms with Gasteiger partial charge in [-0.05, 0) is 36.8 Å². The topological polar surface area (TPSA) is 70.6 Å². The zero-order valence-corrected chi connectivity index (χ0v) is 14.8. The van der Waals surface area contributed by atoms with Crippen molar-refractivity contribution >= 4 is 11.7 Å². The molecule has 0 aliphatic rings. The van der Waals surface area contributed by atoms with Gasteiger partial charge in [-0.15, -0.1) is 0 Å². The summed E-state index contributed by atoms with van der Waals surface area (Å²) in [5.41, 5.74) is 0.484. The number of para-hydroxylation sites is 2. The Morgan fingerprint density at radius 2 is 1.91 bits per heavy atom. The summed E-state index contributed by atoms with van der Waals surface area (Å²) in [7, 11) is 0. The molecule has 0 heterocycles. The van der Waals surface area contributed by atoms with E-state index >= 15 is 0 Å². The maximum absolute atomic E-state index is 12.1. The van der Waals surface area contributed by atoms with Crippen LogP contribution in [-0.4, -0.2) is 30.4 Å². The lowest BCUT2D eigenvalue weighted by atomic mass is 9.87. The highest BCUT2D eigenvalue weighted by atomic mass is 16.5. The Hall–Kier alpha value is -1.75. The molecule has 0 aromatic heterocycles. The van der Waals surface area contributed by atoms with E-state index in [1.54, 1.807) is 6.92 Å². The van der Waals surface area contributed by atoms with E-state index in [0.29, 0.717) is 36.9 Å². The molecule has 23 heavy (non-hydrogen) atoms. The van der Waals surface area contributed by atoms with Gasteiger partial charge in [-0.3, -0.25) is 0 Å². The molecular formula is C18H30N2O3. The molecule has 130 valence electrons. The smallest absolute Gasteiger partial charge is 0.319 e. The highest BCUT2D eigenvalue weighted by Gasteiger charge is 2.21. The second kappa shape index (κ2) is 8.77. The number of anilines is 1. The predicted molar refractivity (Wildman–Crippen MR) is 93.9 cm³/mol. The predicted octanol–water partition coefficient (Wildman–Crippen LogP) is 3.64. The van der Waals surface area contributed by atoms with Crippen molar-refractivity contribution in [2.45, 2.75) is 47.1 Å². The van der Waals surface area contributed by atoms with Crippen molar-refractivity contribution in [1.82, 2.24) is 5.32 Å². The van der Waals surface area contributed by atoms with Crippen LogP contribution in [-0.2, 0) is 0 Å². The standard InChI is InChI=1S/C18H30N2O3/c1-13(2)11-23-16-9-7-6-8-15(16)20-17(22)19-12-18(4,5)10-14(3)21/h6-9,13-14,21H,10-12H2,1-5H3,(H2,19,20,22). The molecule has 0 saturated carbocycles. The Balaban J connectivity index is 2.57. The van der Waals surface area contributed by atoms with Crippen molar-refractivity contribution in [1.29, 1.82) is 0 Å². The van der Waals surface area contributed by atoms with E-state index in [1.165, 1.54) is 0 Å². The Labute approximate surface area is 139 Å². The highest BCUT2D eigenvalue weighted by Crippen LogP contribution is 2.25. The van der Waals surface area contributed by atoms with Gasteiger partial charge in [0.05, 0.1) is 18.4 Å². The van der Waals surface area contributed by atoms with Crippen LogP contribution in [0.25, 0.3) is 0 Å². The molecule has 1 unspecified atom stereocenters. The molecule has 5 nitrogen and oxygen atoms in total. The van der Waals surface area contributed by atoms with Crippen LogP contribution in [0.3, 0.4) is 0 Å². The summed E-state index contributed by atoms with van der Waals surface area (Å²) in [6, 6.07) is 7.12. The first-order valence-electron chi connectivity index (χ1n) is 8.14. The van der Waals surface area contributed by atoms with Crippen LogP contribution in [0.5, 0.6) is 5.75 Å². The number of ether oxygens (including phenoxy) is 1. The van der Waals surface area contributed by atoms with Crippen LogP contribution >= 0.6 is 0 Å². The SMILES string of the molecule is CC(C)COc1ccccc1NC(=O)NCC(C)(C)CC(C)O. The van der Waals surface area contributed by atoms with Gasteiger partial charge in [0.2, 0.25) is 0 Å². The number of hydrogen-bond donors (Lipinski definition) is 3. The fraction of sp³-hybridized carbons (Fsp3) is 0.611. The monoisotopic (exact) mass is 322 g/mol. The molecule has 2 amide bonds. The van der Waals surface area contributed by atoms with Crippen molar-refractivity contribution in [2.75, 3.05) is 18.5 Å². The first-order valence-corrected chi connectivity index (χ1v) is 8.14. The van der Waals surface area contributed by atoms with Gasteiger partial charge >= 0.3 is 6.03 Å². The van der Waals surface area contributed by atoms with Gasteiger partial charge in [-0.25, -0.2) is 4.79 Å². The fourth-order valence-corrected chi connectivity index (χ4v) is 2.31. The third-order valence-corrected chi connectivity index (χ3v) is 3.28. The second-order valence-electron chi connectivity index (χ2n) is 7.23. The van der Waals surface area contributed by atoms with Crippen LogP contribution in [0.15, 0.2) is 24.3 Å². The summed E-state index contributed by atoms with van der Waals surface area (Å²) >= 11 is 0. The van der Waals surface area contributed by atoms with Gasteiger partial charge in [-0.2, -0.15) is 0 Å². The first kappa shape index (κ1) is 19.3. The van der Waals surface area contributed by atoms with Crippen molar-refractivity contribution in [3.63, 3.8) is 0 Å². The minimum Gasteiger partial charge on any atom is -0.491 e. The van der Waals surface area contributed by atoms with Crippen molar-refractivity contribution < 1.29 is 14.6 Å². The summed E-state index contributed by atoms with van der Waals surface area (Å²) in [6.45, 7) is 11.0. The Morgan fingerprint density at radius 1 is 1.26 bits per heavy atom. The quantitative estimate of drug-likeness (QED) is 0.684. The lowest BCUT2D eigenvalue weighted by Crippen LogP contribution is -2.38. The molecule has 1 aromatic carbocycles. The second-order valence-corrected chi connectivity index (χ2v) is 7.23. The molecule has 0 saturated heterocycles. The lowest BCUT2D eigenvalue weighted by Gasteiger charge is -2.26. The van der Waals surface area contributed by atoms with E-state index in [9.17, 15) is 9.90 Å². The maximum atomic E-state index is 12.1. The number of carbonyl (C=O) groups is 1. The Bertz CT molecular complexity index is 499. The van der Waals surface area contributed by atoms with E-state index in [2.05, 4.69) is 24.5 Å². The zero-order chi connectivity index (χ0) is 17.5. The molecule has 5 heteroatoms. The molecule has 0 spiro atoms. The van der Waals surface area contributed by atoms with Crippen LogP contribution in [0, 0.1) is 11.3 Å². The van der Waals surface area contributed by atoms with E-state index < -0.39 is 0 Å². The third-order valence-electron chi connectivity index (χ3n) is 3.28. The van der Waals surface area contributed by atoms with Gasteiger partial charge in [0.25, 0.3) is 0 Å². The normalized spacial score (nSPS) is 12.8. The number of nitrogens with one attached hydrogen (secondary N) is 2. The van der Waals surface area contributed by atoms with Crippen LogP contribution < -0.4 is 15.4 Å². The van der Waals surface area contributed by atoms with Gasteiger partial charge in [-0.1, -0.05) is 39.8 Å². The molecule has 0 aliphatic heterocycles.